The molecule has 8 aromatic rings. The summed E-state index contributed by atoms with van der Waals surface area (Å²) in [5.41, 5.74) is 11.5. The maximum Gasteiger partial charge on any atom is 0.161 e. The summed E-state index contributed by atoms with van der Waals surface area (Å²) in [6.07, 6.45) is 0. The van der Waals surface area contributed by atoms with Gasteiger partial charge in [0.05, 0.1) is 11.2 Å². The van der Waals surface area contributed by atoms with E-state index in [1.165, 1.54) is 54.9 Å². The summed E-state index contributed by atoms with van der Waals surface area (Å²) in [5, 5.41) is 6.03. The predicted octanol–water partition coefficient (Wildman–Crippen LogP) is 10.6. The number of hydrogen-bond acceptors (Lipinski definition) is 2. The van der Waals surface area contributed by atoms with Crippen LogP contribution in [0.1, 0.15) is 0 Å². The second-order valence-corrected chi connectivity index (χ2v) is 11.0. The molecule has 2 nitrogen and oxygen atoms in total. The molecule has 0 saturated carbocycles. The van der Waals surface area contributed by atoms with Crippen molar-refractivity contribution in [2.75, 3.05) is 0 Å². The molecular weight excluding hydrogens is 508 g/mol. The largest absolute Gasteiger partial charge is 0.228 e. The molecule has 1 heterocycles. The summed E-state index contributed by atoms with van der Waals surface area (Å²) in [4.78, 5) is 10.5. The summed E-state index contributed by atoms with van der Waals surface area (Å²) in [6.45, 7) is 0. The lowest BCUT2D eigenvalue weighted by molar-refractivity contribution is 1.23. The lowest BCUT2D eigenvalue weighted by atomic mass is 9.90. The van der Waals surface area contributed by atoms with E-state index in [1.54, 1.807) is 0 Å². The maximum atomic E-state index is 5.34. The van der Waals surface area contributed by atoms with Gasteiger partial charge < -0.3 is 0 Å². The Kier molecular flexibility index (Phi) is 4.93. The molecule has 0 saturated heterocycles. The van der Waals surface area contributed by atoms with E-state index >= 15 is 0 Å². The molecule has 1 aromatic heterocycles. The Morgan fingerprint density at radius 1 is 0.381 bits per heavy atom. The summed E-state index contributed by atoms with van der Waals surface area (Å²) in [7, 11) is 0. The Hall–Kier alpha value is -5.60. The third-order valence-corrected chi connectivity index (χ3v) is 8.60. The fourth-order valence-electron chi connectivity index (χ4n) is 6.72. The average Bonchev–Trinajstić information content (AvgIpc) is 3.40. The average molecular weight is 533 g/mol. The first-order valence-electron chi connectivity index (χ1n) is 14.3. The molecule has 42 heavy (non-hydrogen) atoms. The van der Waals surface area contributed by atoms with E-state index in [1.807, 2.05) is 0 Å². The van der Waals surface area contributed by atoms with Crippen LogP contribution in [0.3, 0.4) is 0 Å². The highest BCUT2D eigenvalue weighted by molar-refractivity contribution is 6.20. The van der Waals surface area contributed by atoms with Crippen molar-refractivity contribution in [3.63, 3.8) is 0 Å². The van der Waals surface area contributed by atoms with E-state index in [4.69, 9.17) is 9.97 Å². The van der Waals surface area contributed by atoms with Crippen LogP contribution in [-0.4, -0.2) is 9.97 Å². The number of aromatic nitrogens is 2. The van der Waals surface area contributed by atoms with Crippen LogP contribution in [0.15, 0.2) is 146 Å². The minimum atomic E-state index is 0.748. The number of benzene rings is 7. The van der Waals surface area contributed by atoms with Gasteiger partial charge in [0, 0.05) is 22.1 Å². The van der Waals surface area contributed by atoms with E-state index in [0.29, 0.717) is 0 Å². The molecule has 2 heteroatoms. The quantitative estimate of drug-likeness (QED) is 0.226. The summed E-state index contributed by atoms with van der Waals surface area (Å²) in [6, 6.07) is 51.9. The summed E-state index contributed by atoms with van der Waals surface area (Å²) < 4.78 is 0. The number of nitrogens with zero attached hydrogens (tertiary/aromatic N) is 2. The first-order valence-corrected chi connectivity index (χ1v) is 14.3. The molecule has 0 aliphatic heterocycles. The Labute approximate surface area is 243 Å². The van der Waals surface area contributed by atoms with E-state index in [-0.39, 0.29) is 0 Å². The van der Waals surface area contributed by atoms with Crippen LogP contribution in [0, 0.1) is 0 Å². The van der Waals surface area contributed by atoms with Crippen LogP contribution in [-0.2, 0) is 0 Å². The van der Waals surface area contributed by atoms with Crippen molar-refractivity contribution >= 4 is 32.4 Å². The standard InChI is InChI=1S/C40H24N2/c1-2-11-26(12-3-1)30-22-23-34(38-33-18-9-15-27-14-8-17-32(36(27)33)37(30)38)40-41-35-19-7-6-16-31(35)39(42-40)29-21-20-25-10-4-5-13-28(25)24-29/h1-24H. The Morgan fingerprint density at radius 3 is 1.88 bits per heavy atom. The van der Waals surface area contributed by atoms with Crippen molar-refractivity contribution in [2.24, 2.45) is 0 Å². The molecular formula is C40H24N2. The van der Waals surface area contributed by atoms with Crippen LogP contribution < -0.4 is 0 Å². The second kappa shape index (κ2) is 8.95. The monoisotopic (exact) mass is 532 g/mol. The van der Waals surface area contributed by atoms with Gasteiger partial charge in [-0.3, -0.25) is 0 Å². The molecule has 7 aromatic carbocycles. The Balaban J connectivity index is 1.36. The molecule has 0 bridgehead atoms. The number of para-hydroxylation sites is 1. The van der Waals surface area contributed by atoms with Gasteiger partial charge in [-0.15, -0.1) is 0 Å². The van der Waals surface area contributed by atoms with Crippen molar-refractivity contribution in [3.05, 3.63) is 146 Å². The second-order valence-electron chi connectivity index (χ2n) is 11.0. The first-order chi connectivity index (χ1) is 20.8. The molecule has 0 N–H and O–H groups in total. The number of fused-ring (bicyclic) bond motifs is 5. The zero-order chi connectivity index (χ0) is 27.6. The molecule has 1 aliphatic rings. The van der Waals surface area contributed by atoms with Gasteiger partial charge in [0.2, 0.25) is 0 Å². The molecule has 194 valence electrons. The van der Waals surface area contributed by atoms with Crippen LogP contribution in [0.5, 0.6) is 0 Å². The molecule has 1 aliphatic carbocycles. The van der Waals surface area contributed by atoms with Crippen molar-refractivity contribution in [1.82, 2.24) is 9.97 Å². The van der Waals surface area contributed by atoms with Gasteiger partial charge in [-0.2, -0.15) is 0 Å². The van der Waals surface area contributed by atoms with Gasteiger partial charge in [-0.25, -0.2) is 9.97 Å². The van der Waals surface area contributed by atoms with Crippen LogP contribution in [0.4, 0.5) is 0 Å². The number of rotatable bonds is 3. The normalized spacial score (nSPS) is 11.8. The third-order valence-electron chi connectivity index (χ3n) is 8.60. The summed E-state index contributed by atoms with van der Waals surface area (Å²) >= 11 is 0. The van der Waals surface area contributed by atoms with Crippen molar-refractivity contribution < 1.29 is 0 Å². The van der Waals surface area contributed by atoms with Gasteiger partial charge in [0.25, 0.3) is 0 Å². The van der Waals surface area contributed by atoms with E-state index in [9.17, 15) is 0 Å². The van der Waals surface area contributed by atoms with E-state index in [2.05, 4.69) is 146 Å². The van der Waals surface area contributed by atoms with Crippen LogP contribution in [0.25, 0.3) is 88.5 Å². The van der Waals surface area contributed by atoms with Gasteiger partial charge in [0.1, 0.15) is 0 Å². The van der Waals surface area contributed by atoms with Crippen molar-refractivity contribution in [3.8, 4) is 56.0 Å². The highest BCUT2D eigenvalue weighted by Crippen LogP contribution is 2.54. The predicted molar refractivity (Wildman–Crippen MR) is 175 cm³/mol. The Morgan fingerprint density at radius 2 is 1.05 bits per heavy atom. The SMILES string of the molecule is c1ccc(-c2ccc(-c3nc(-c4ccc5ccccc5c4)c4ccccc4n3)c3c2-c2cccc4cccc-3c24)cc1. The molecule has 0 unspecified atom stereocenters. The number of hydrogen-bond donors (Lipinski definition) is 0. The molecule has 9 rings (SSSR count). The first kappa shape index (κ1) is 23.1. The van der Waals surface area contributed by atoms with E-state index < -0.39 is 0 Å². The Bertz CT molecular complexity index is 2350. The van der Waals surface area contributed by atoms with Gasteiger partial charge in [0.15, 0.2) is 5.82 Å². The smallest absolute Gasteiger partial charge is 0.161 e. The third kappa shape index (κ3) is 3.39. The van der Waals surface area contributed by atoms with Crippen molar-refractivity contribution in [1.29, 1.82) is 0 Å². The molecule has 0 amide bonds. The van der Waals surface area contributed by atoms with E-state index in [0.717, 1.165) is 33.5 Å². The molecule has 0 fully saturated rings. The van der Waals surface area contributed by atoms with Crippen molar-refractivity contribution in [2.45, 2.75) is 0 Å². The lowest BCUT2D eigenvalue weighted by Gasteiger charge is -2.16. The molecule has 0 atom stereocenters. The van der Waals surface area contributed by atoms with Gasteiger partial charge in [-0.05, 0) is 67.6 Å². The zero-order valence-corrected chi connectivity index (χ0v) is 22.8. The minimum absolute atomic E-state index is 0.748. The van der Waals surface area contributed by atoms with Crippen LogP contribution in [0.2, 0.25) is 0 Å². The zero-order valence-electron chi connectivity index (χ0n) is 22.8. The fourth-order valence-corrected chi connectivity index (χ4v) is 6.72. The highest BCUT2D eigenvalue weighted by Gasteiger charge is 2.28. The fraction of sp³-hybridized carbons (Fsp3) is 0. The summed E-state index contributed by atoms with van der Waals surface area (Å²) in [5.74, 6) is 0.748. The lowest BCUT2D eigenvalue weighted by Crippen LogP contribution is -1.97. The minimum Gasteiger partial charge on any atom is -0.228 e. The highest BCUT2D eigenvalue weighted by atomic mass is 14.9. The molecule has 0 radical (unpaired) electrons. The molecule has 0 spiro atoms. The topological polar surface area (TPSA) is 25.8 Å². The maximum absolute atomic E-state index is 5.34. The van der Waals surface area contributed by atoms with Gasteiger partial charge >= 0.3 is 0 Å². The van der Waals surface area contributed by atoms with Crippen LogP contribution >= 0.6 is 0 Å². The van der Waals surface area contributed by atoms with Gasteiger partial charge in [-0.1, -0.05) is 127 Å².